The number of urea groups is 1. The molecule has 1 saturated heterocycles. The summed E-state index contributed by atoms with van der Waals surface area (Å²) in [7, 11) is 1.48. The number of methoxy groups -OCH3 is 1. The Morgan fingerprint density at radius 1 is 0.972 bits per heavy atom. The van der Waals surface area contributed by atoms with Gasteiger partial charge in [-0.15, -0.1) is 0 Å². The Labute approximate surface area is 235 Å². The van der Waals surface area contributed by atoms with Crippen LogP contribution in [-0.4, -0.2) is 25.0 Å². The molecule has 1 aliphatic heterocycles. The summed E-state index contributed by atoms with van der Waals surface area (Å²) in [5, 5.41) is 3.63. The number of halogens is 4. The third kappa shape index (κ3) is 5.62. The minimum absolute atomic E-state index is 0.169. The first-order chi connectivity index (χ1) is 17.2. The summed E-state index contributed by atoms with van der Waals surface area (Å²) >= 11 is 20.2. The Balaban J connectivity index is 1.64. The van der Waals surface area contributed by atoms with Crippen molar-refractivity contribution in [3.05, 3.63) is 89.9 Å². The van der Waals surface area contributed by atoms with Gasteiger partial charge in [0.1, 0.15) is 12.2 Å². The van der Waals surface area contributed by atoms with Crippen LogP contribution in [0.25, 0.3) is 6.08 Å². The maximum absolute atomic E-state index is 13.1. The molecule has 0 bridgehead atoms. The summed E-state index contributed by atoms with van der Waals surface area (Å²) in [4.78, 5) is 38.9. The van der Waals surface area contributed by atoms with Crippen LogP contribution in [0.1, 0.15) is 11.1 Å². The van der Waals surface area contributed by atoms with Crippen molar-refractivity contribution in [2.24, 2.45) is 0 Å². The van der Waals surface area contributed by atoms with E-state index in [1.165, 1.54) is 25.3 Å². The molecule has 4 rings (SSSR count). The maximum Gasteiger partial charge on any atom is 0.335 e. The standard InChI is InChI=1S/C25H16Cl3IN2O5/c1-35-21-10-13(9-20(29)22(21)36-12-14-2-3-16(27)11-19(14)28)8-18-23(32)30-25(34)31(24(18)33)17-6-4-15(26)5-7-17/h2-11H,12H2,1H3,(H,30,32,34)/b18-8+. The summed E-state index contributed by atoms with van der Waals surface area (Å²) in [6, 6.07) is 13.7. The Morgan fingerprint density at radius 2 is 1.67 bits per heavy atom. The molecule has 0 aromatic heterocycles. The van der Waals surface area contributed by atoms with E-state index in [-0.39, 0.29) is 17.9 Å². The molecule has 184 valence electrons. The van der Waals surface area contributed by atoms with E-state index in [4.69, 9.17) is 44.3 Å². The average Bonchev–Trinajstić information content (AvgIpc) is 2.83. The number of nitrogens with one attached hydrogen (secondary N) is 1. The summed E-state index contributed by atoms with van der Waals surface area (Å²) in [5.41, 5.74) is 1.29. The first-order valence-electron chi connectivity index (χ1n) is 10.3. The number of amides is 4. The molecule has 1 N–H and O–H groups in total. The molecule has 3 aromatic carbocycles. The van der Waals surface area contributed by atoms with Gasteiger partial charge in [-0.1, -0.05) is 40.9 Å². The molecule has 1 aliphatic rings. The van der Waals surface area contributed by atoms with Gasteiger partial charge in [0, 0.05) is 20.6 Å². The number of carbonyl (C=O) groups excluding carboxylic acids is 3. The lowest BCUT2D eigenvalue weighted by Crippen LogP contribution is -2.54. The highest BCUT2D eigenvalue weighted by atomic mass is 127. The van der Waals surface area contributed by atoms with Crippen LogP contribution in [0.3, 0.4) is 0 Å². The molecule has 7 nitrogen and oxygen atoms in total. The van der Waals surface area contributed by atoms with Crippen molar-refractivity contribution >= 4 is 87.0 Å². The predicted molar refractivity (Wildman–Crippen MR) is 147 cm³/mol. The number of nitrogens with zero attached hydrogens (tertiary/aromatic N) is 1. The van der Waals surface area contributed by atoms with Gasteiger partial charge >= 0.3 is 6.03 Å². The predicted octanol–water partition coefficient (Wildman–Crippen LogP) is 6.51. The van der Waals surface area contributed by atoms with Gasteiger partial charge in [-0.2, -0.15) is 0 Å². The van der Waals surface area contributed by atoms with E-state index in [0.717, 1.165) is 10.5 Å². The Hall–Kier alpha value is -2.79. The number of anilines is 1. The zero-order chi connectivity index (χ0) is 26.0. The first kappa shape index (κ1) is 26.3. The topological polar surface area (TPSA) is 84.9 Å². The van der Waals surface area contributed by atoms with E-state index in [1.54, 1.807) is 42.5 Å². The second-order valence-corrected chi connectivity index (χ2v) is 9.94. The Morgan fingerprint density at radius 3 is 2.33 bits per heavy atom. The van der Waals surface area contributed by atoms with Gasteiger partial charge < -0.3 is 9.47 Å². The monoisotopic (exact) mass is 656 g/mol. The minimum atomic E-state index is -0.846. The molecule has 3 aromatic rings. The van der Waals surface area contributed by atoms with Crippen molar-refractivity contribution in [1.29, 1.82) is 0 Å². The summed E-state index contributed by atoms with van der Waals surface area (Å²) in [5.74, 6) is -0.726. The highest BCUT2D eigenvalue weighted by Crippen LogP contribution is 2.36. The van der Waals surface area contributed by atoms with Crippen LogP contribution in [0.15, 0.2) is 60.2 Å². The van der Waals surface area contributed by atoms with E-state index in [2.05, 4.69) is 27.9 Å². The zero-order valence-electron chi connectivity index (χ0n) is 18.5. The maximum atomic E-state index is 13.1. The number of barbiturate groups is 1. The third-order valence-corrected chi connectivity index (χ3v) is 6.78. The molecule has 0 atom stereocenters. The zero-order valence-corrected chi connectivity index (χ0v) is 22.9. The van der Waals surface area contributed by atoms with Crippen molar-refractivity contribution in [2.75, 3.05) is 12.0 Å². The lowest BCUT2D eigenvalue weighted by atomic mass is 10.1. The van der Waals surface area contributed by atoms with Gasteiger partial charge in [-0.3, -0.25) is 14.9 Å². The molecule has 0 spiro atoms. The molecular formula is C25H16Cl3IN2O5. The molecule has 0 radical (unpaired) electrons. The SMILES string of the molecule is COc1cc(/C=C2\C(=O)NC(=O)N(c3ccc(Cl)cc3)C2=O)cc(I)c1OCc1ccc(Cl)cc1Cl. The minimum Gasteiger partial charge on any atom is -0.493 e. The number of rotatable bonds is 6. The van der Waals surface area contributed by atoms with Crippen molar-refractivity contribution in [1.82, 2.24) is 5.32 Å². The highest BCUT2D eigenvalue weighted by Gasteiger charge is 2.36. The lowest BCUT2D eigenvalue weighted by molar-refractivity contribution is -0.122. The van der Waals surface area contributed by atoms with E-state index in [0.29, 0.717) is 35.7 Å². The van der Waals surface area contributed by atoms with Crippen LogP contribution in [0.2, 0.25) is 15.1 Å². The number of benzene rings is 3. The summed E-state index contributed by atoms with van der Waals surface area (Å²) in [6.07, 6.45) is 1.39. The van der Waals surface area contributed by atoms with Gasteiger partial charge in [0.25, 0.3) is 11.8 Å². The Bertz CT molecular complexity index is 1410. The van der Waals surface area contributed by atoms with E-state index in [1.807, 2.05) is 0 Å². The van der Waals surface area contributed by atoms with Gasteiger partial charge in [0.2, 0.25) is 0 Å². The smallest absolute Gasteiger partial charge is 0.335 e. The molecule has 36 heavy (non-hydrogen) atoms. The Kier molecular flexibility index (Phi) is 8.09. The van der Waals surface area contributed by atoms with Crippen molar-refractivity contribution in [2.45, 2.75) is 6.61 Å². The lowest BCUT2D eigenvalue weighted by Gasteiger charge is -2.26. The van der Waals surface area contributed by atoms with Gasteiger partial charge in [-0.05, 0) is 82.8 Å². The number of imide groups is 2. The van der Waals surface area contributed by atoms with Crippen molar-refractivity contribution < 1.29 is 23.9 Å². The average molecular weight is 658 g/mol. The van der Waals surface area contributed by atoms with Gasteiger partial charge in [0.05, 0.1) is 16.4 Å². The molecule has 0 saturated carbocycles. The fourth-order valence-corrected chi connectivity index (χ4v) is 4.77. The van der Waals surface area contributed by atoms with Crippen molar-refractivity contribution in [3.8, 4) is 11.5 Å². The number of carbonyl (C=O) groups is 3. The molecule has 0 unspecified atom stereocenters. The fourth-order valence-electron chi connectivity index (χ4n) is 3.40. The van der Waals surface area contributed by atoms with Crippen LogP contribution < -0.4 is 19.7 Å². The molecule has 11 heteroatoms. The first-order valence-corrected chi connectivity index (χ1v) is 12.5. The van der Waals surface area contributed by atoms with Crippen LogP contribution in [0.5, 0.6) is 11.5 Å². The molecule has 1 heterocycles. The second kappa shape index (κ2) is 11.1. The number of hydrogen-bond donors (Lipinski definition) is 1. The van der Waals surface area contributed by atoms with Crippen LogP contribution in [0, 0.1) is 3.57 Å². The molecule has 1 fully saturated rings. The van der Waals surface area contributed by atoms with Gasteiger partial charge in [0.15, 0.2) is 11.5 Å². The number of hydrogen-bond acceptors (Lipinski definition) is 5. The van der Waals surface area contributed by atoms with E-state index < -0.39 is 17.8 Å². The normalized spacial score (nSPS) is 14.8. The largest absolute Gasteiger partial charge is 0.493 e. The van der Waals surface area contributed by atoms with E-state index >= 15 is 0 Å². The summed E-state index contributed by atoms with van der Waals surface area (Å²) in [6.45, 7) is 0.169. The van der Waals surface area contributed by atoms with Crippen molar-refractivity contribution in [3.63, 3.8) is 0 Å². The van der Waals surface area contributed by atoms with Crippen LogP contribution in [0.4, 0.5) is 10.5 Å². The number of ether oxygens (including phenoxy) is 2. The third-order valence-electron chi connectivity index (χ3n) is 5.14. The second-order valence-electron chi connectivity index (χ2n) is 7.49. The molecular weight excluding hydrogens is 642 g/mol. The van der Waals surface area contributed by atoms with Crippen LogP contribution >= 0.6 is 57.4 Å². The quantitative estimate of drug-likeness (QED) is 0.186. The highest BCUT2D eigenvalue weighted by molar-refractivity contribution is 14.1. The van der Waals surface area contributed by atoms with E-state index in [9.17, 15) is 14.4 Å². The summed E-state index contributed by atoms with van der Waals surface area (Å²) < 4.78 is 12.1. The molecule has 0 aliphatic carbocycles. The van der Waals surface area contributed by atoms with Crippen LogP contribution in [-0.2, 0) is 16.2 Å². The fraction of sp³-hybridized carbons (Fsp3) is 0.0800. The van der Waals surface area contributed by atoms with Gasteiger partial charge in [-0.25, -0.2) is 9.69 Å². The molecule has 4 amide bonds.